The number of ether oxygens (including phenoxy) is 1. The number of esters is 1. The van der Waals surface area contributed by atoms with Crippen molar-refractivity contribution in [1.82, 2.24) is 5.32 Å². The second-order valence-corrected chi connectivity index (χ2v) is 9.53. The van der Waals surface area contributed by atoms with E-state index >= 15 is 0 Å². The zero-order valence-corrected chi connectivity index (χ0v) is 21.2. The summed E-state index contributed by atoms with van der Waals surface area (Å²) in [6, 6.07) is 24.2. The number of hydrogen-bond acceptors (Lipinski definition) is 4. The third-order valence-electron chi connectivity index (χ3n) is 5.20. The van der Waals surface area contributed by atoms with E-state index in [0.717, 1.165) is 16.7 Å². The summed E-state index contributed by atoms with van der Waals surface area (Å²) < 4.78 is 5.48. The molecule has 0 aliphatic heterocycles. The number of rotatable bonds is 8. The standard InChI is InChI=1S/C29H33N3O4/c1-21-11-10-15-24(17-21)31-28(35)30-19-26(33)32(20-27(34)36-29(2,3)4)25-16-9-8-14-23(25)18-22-12-6-5-7-13-22/h5-17H,18-20H2,1-4H3,(H2,30,31,35). The van der Waals surface area contributed by atoms with Gasteiger partial charge in [-0.1, -0.05) is 60.7 Å². The van der Waals surface area contributed by atoms with Gasteiger partial charge in [0.05, 0.1) is 6.54 Å². The van der Waals surface area contributed by atoms with E-state index in [1.54, 1.807) is 32.9 Å². The van der Waals surface area contributed by atoms with Crippen molar-refractivity contribution >= 4 is 29.3 Å². The van der Waals surface area contributed by atoms with Crippen molar-refractivity contribution < 1.29 is 19.1 Å². The second-order valence-electron chi connectivity index (χ2n) is 9.53. The van der Waals surface area contributed by atoms with Crippen molar-refractivity contribution in [3.63, 3.8) is 0 Å². The van der Waals surface area contributed by atoms with E-state index in [1.165, 1.54) is 4.90 Å². The highest BCUT2D eigenvalue weighted by Gasteiger charge is 2.25. The third kappa shape index (κ3) is 8.27. The number of aryl methyl sites for hydroxylation is 1. The third-order valence-corrected chi connectivity index (χ3v) is 5.20. The highest BCUT2D eigenvalue weighted by molar-refractivity contribution is 6.01. The van der Waals surface area contributed by atoms with Gasteiger partial charge < -0.3 is 15.4 Å². The molecule has 0 bridgehead atoms. The molecule has 36 heavy (non-hydrogen) atoms. The Morgan fingerprint density at radius 3 is 2.28 bits per heavy atom. The normalized spacial score (nSPS) is 10.9. The van der Waals surface area contributed by atoms with Crippen LogP contribution in [0.15, 0.2) is 78.9 Å². The lowest BCUT2D eigenvalue weighted by atomic mass is 10.0. The lowest BCUT2D eigenvalue weighted by Crippen LogP contribution is -2.45. The van der Waals surface area contributed by atoms with Crippen LogP contribution in [0, 0.1) is 6.92 Å². The molecule has 0 aliphatic carbocycles. The summed E-state index contributed by atoms with van der Waals surface area (Å²) >= 11 is 0. The van der Waals surface area contributed by atoms with Crippen LogP contribution >= 0.6 is 0 Å². The zero-order chi connectivity index (χ0) is 26.1. The molecule has 0 spiro atoms. The van der Waals surface area contributed by atoms with E-state index in [4.69, 9.17) is 4.74 Å². The molecule has 0 heterocycles. The molecule has 3 amide bonds. The van der Waals surface area contributed by atoms with Crippen molar-refractivity contribution in [3.05, 3.63) is 95.6 Å². The van der Waals surface area contributed by atoms with Gasteiger partial charge in [0.25, 0.3) is 0 Å². The smallest absolute Gasteiger partial charge is 0.326 e. The predicted molar refractivity (Wildman–Crippen MR) is 142 cm³/mol. The number of amides is 3. The number of carbonyl (C=O) groups is 3. The molecule has 7 nitrogen and oxygen atoms in total. The van der Waals surface area contributed by atoms with Gasteiger partial charge in [0.1, 0.15) is 12.1 Å². The van der Waals surface area contributed by atoms with Crippen LogP contribution in [0.4, 0.5) is 16.2 Å². The maximum Gasteiger partial charge on any atom is 0.326 e. The number of nitrogens with one attached hydrogen (secondary N) is 2. The average Bonchev–Trinajstić information content (AvgIpc) is 2.81. The van der Waals surface area contributed by atoms with Crippen LogP contribution in [0.2, 0.25) is 0 Å². The number of nitrogens with zero attached hydrogens (tertiary/aromatic N) is 1. The first kappa shape index (κ1) is 26.5. The Hall–Kier alpha value is -4.13. The van der Waals surface area contributed by atoms with Gasteiger partial charge in [0.2, 0.25) is 5.91 Å². The minimum absolute atomic E-state index is 0.275. The summed E-state index contributed by atoms with van der Waals surface area (Å²) in [5.74, 6) is -0.963. The van der Waals surface area contributed by atoms with Crippen LogP contribution in [0.1, 0.15) is 37.5 Å². The Morgan fingerprint density at radius 1 is 0.889 bits per heavy atom. The number of anilines is 2. The van der Waals surface area contributed by atoms with Gasteiger partial charge in [-0.25, -0.2) is 4.79 Å². The molecule has 2 N–H and O–H groups in total. The number of para-hydroxylation sites is 1. The Bertz CT molecular complexity index is 1200. The fourth-order valence-corrected chi connectivity index (χ4v) is 3.70. The minimum Gasteiger partial charge on any atom is -0.459 e. The first-order chi connectivity index (χ1) is 17.1. The van der Waals surface area contributed by atoms with Crippen LogP contribution < -0.4 is 15.5 Å². The van der Waals surface area contributed by atoms with E-state index in [2.05, 4.69) is 10.6 Å². The van der Waals surface area contributed by atoms with E-state index < -0.39 is 23.5 Å². The summed E-state index contributed by atoms with van der Waals surface area (Å²) in [5.41, 5.74) is 3.48. The highest BCUT2D eigenvalue weighted by Crippen LogP contribution is 2.24. The Balaban J connectivity index is 1.79. The Labute approximate surface area is 212 Å². The molecule has 0 radical (unpaired) electrons. The van der Waals surface area contributed by atoms with Gasteiger partial charge in [0, 0.05) is 11.4 Å². The summed E-state index contributed by atoms with van der Waals surface area (Å²) in [4.78, 5) is 39.8. The van der Waals surface area contributed by atoms with Crippen LogP contribution in [-0.4, -0.2) is 36.6 Å². The fraction of sp³-hybridized carbons (Fsp3) is 0.276. The summed E-state index contributed by atoms with van der Waals surface area (Å²) in [6.45, 7) is 6.68. The lowest BCUT2D eigenvalue weighted by Gasteiger charge is -2.27. The summed E-state index contributed by atoms with van der Waals surface area (Å²) in [6.07, 6.45) is 0.580. The first-order valence-electron chi connectivity index (χ1n) is 11.9. The summed E-state index contributed by atoms with van der Waals surface area (Å²) in [7, 11) is 0. The number of carbonyl (C=O) groups excluding carboxylic acids is 3. The predicted octanol–water partition coefficient (Wildman–Crippen LogP) is 5.08. The monoisotopic (exact) mass is 487 g/mol. The SMILES string of the molecule is Cc1cccc(NC(=O)NCC(=O)N(CC(=O)OC(C)(C)C)c2ccccc2Cc2ccccc2)c1. The largest absolute Gasteiger partial charge is 0.459 e. The first-order valence-corrected chi connectivity index (χ1v) is 11.9. The van der Waals surface area contributed by atoms with Crippen molar-refractivity contribution in [3.8, 4) is 0 Å². The molecule has 0 saturated carbocycles. The van der Waals surface area contributed by atoms with Gasteiger partial charge >= 0.3 is 12.0 Å². The van der Waals surface area contributed by atoms with E-state index in [9.17, 15) is 14.4 Å². The molecule has 3 aromatic carbocycles. The van der Waals surface area contributed by atoms with Crippen LogP contribution in [0.3, 0.4) is 0 Å². The molecule has 0 unspecified atom stereocenters. The second kappa shape index (κ2) is 12.0. The van der Waals surface area contributed by atoms with Crippen molar-refractivity contribution in [2.24, 2.45) is 0 Å². The molecule has 188 valence electrons. The highest BCUT2D eigenvalue weighted by atomic mass is 16.6. The topological polar surface area (TPSA) is 87.7 Å². The van der Waals surface area contributed by atoms with Crippen molar-refractivity contribution in [2.75, 3.05) is 23.3 Å². The molecule has 7 heteroatoms. The van der Waals surface area contributed by atoms with Crippen molar-refractivity contribution in [2.45, 2.75) is 39.7 Å². The molecular formula is C29H33N3O4. The lowest BCUT2D eigenvalue weighted by molar-refractivity contribution is -0.153. The number of hydrogen-bond donors (Lipinski definition) is 2. The molecule has 0 saturated heterocycles. The fourth-order valence-electron chi connectivity index (χ4n) is 3.70. The number of urea groups is 1. The van der Waals surface area contributed by atoms with Gasteiger partial charge in [-0.3, -0.25) is 14.5 Å². The molecule has 0 aliphatic rings. The van der Waals surface area contributed by atoms with Crippen molar-refractivity contribution in [1.29, 1.82) is 0 Å². The molecule has 3 rings (SSSR count). The molecule has 0 fully saturated rings. The molecular weight excluding hydrogens is 454 g/mol. The van der Waals surface area contributed by atoms with Gasteiger partial charge in [-0.15, -0.1) is 0 Å². The molecule has 3 aromatic rings. The van der Waals surface area contributed by atoms with Gasteiger partial charge in [-0.05, 0) is 69.0 Å². The number of benzene rings is 3. The van der Waals surface area contributed by atoms with E-state index in [-0.39, 0.29) is 13.1 Å². The Kier molecular flexibility index (Phi) is 8.84. The van der Waals surface area contributed by atoms with Crippen LogP contribution in [0.5, 0.6) is 0 Å². The maximum absolute atomic E-state index is 13.3. The minimum atomic E-state index is -0.693. The van der Waals surface area contributed by atoms with Crippen LogP contribution in [-0.2, 0) is 20.7 Å². The Morgan fingerprint density at radius 2 is 1.58 bits per heavy atom. The van der Waals surface area contributed by atoms with Gasteiger partial charge in [0.15, 0.2) is 0 Å². The van der Waals surface area contributed by atoms with Gasteiger partial charge in [-0.2, -0.15) is 0 Å². The summed E-state index contributed by atoms with van der Waals surface area (Å²) in [5, 5.41) is 5.32. The molecule has 0 aromatic heterocycles. The maximum atomic E-state index is 13.3. The van der Waals surface area contributed by atoms with E-state index in [1.807, 2.05) is 73.7 Å². The molecule has 0 atom stereocenters. The van der Waals surface area contributed by atoms with E-state index in [0.29, 0.717) is 17.8 Å². The zero-order valence-electron chi connectivity index (χ0n) is 21.2. The van der Waals surface area contributed by atoms with Crippen LogP contribution in [0.25, 0.3) is 0 Å². The average molecular weight is 488 g/mol. The quantitative estimate of drug-likeness (QED) is 0.434.